The van der Waals surface area contributed by atoms with Crippen LogP contribution in [0, 0.1) is 29.5 Å². The quantitative estimate of drug-likeness (QED) is 0.148. The number of nitrogens with zero attached hydrogens (tertiary/aromatic N) is 1. The van der Waals surface area contributed by atoms with Gasteiger partial charge in [-0.2, -0.15) is 0 Å². The highest BCUT2D eigenvalue weighted by Gasteiger charge is 2.54. The molecule has 8 nitrogen and oxygen atoms in total. The van der Waals surface area contributed by atoms with Crippen LogP contribution in [0.4, 0.5) is 4.39 Å². The number of allylic oxidation sites excluding steroid dienone is 2. The lowest BCUT2D eigenvalue weighted by atomic mass is 9.66. The molecule has 0 saturated carbocycles. The Bertz CT molecular complexity index is 1160. The van der Waals surface area contributed by atoms with Crippen molar-refractivity contribution in [3.05, 3.63) is 46.3 Å². The summed E-state index contributed by atoms with van der Waals surface area (Å²) in [4.78, 5) is 38.7. The number of unbranched alkanes of at least 4 members (excludes halogenated alkanes) is 2. The summed E-state index contributed by atoms with van der Waals surface area (Å²) < 4.78 is 13.8. The van der Waals surface area contributed by atoms with Crippen molar-refractivity contribution in [3.63, 3.8) is 0 Å². The number of carbonyl (C=O) groups is 3. The Kier molecular flexibility index (Phi) is 11.0. The summed E-state index contributed by atoms with van der Waals surface area (Å²) in [5, 5.41) is 40.2. The van der Waals surface area contributed by atoms with E-state index >= 15 is 0 Å². The number of aliphatic carboxylic acids is 1. The molecule has 1 aliphatic heterocycles. The molecule has 1 fully saturated rings. The average Bonchev–Trinajstić information content (AvgIpc) is 3.15. The van der Waals surface area contributed by atoms with Crippen LogP contribution in [0.25, 0.3) is 6.08 Å². The third-order valence-electron chi connectivity index (χ3n) is 8.27. The van der Waals surface area contributed by atoms with Gasteiger partial charge in [0.05, 0.1) is 24.5 Å². The molecule has 4 N–H and O–H groups in total. The predicted octanol–water partition coefficient (Wildman–Crippen LogP) is 4.68. The van der Waals surface area contributed by atoms with Crippen LogP contribution in [-0.2, 0) is 14.4 Å². The minimum Gasteiger partial charge on any atom is -0.505 e. The lowest BCUT2D eigenvalue weighted by Gasteiger charge is -2.38. The summed E-state index contributed by atoms with van der Waals surface area (Å²) in [6.45, 7) is 5.79. The fourth-order valence-electron chi connectivity index (χ4n) is 6.13. The average molecular weight is 560 g/mol. The molecular formula is C31H42FNO7. The van der Waals surface area contributed by atoms with Gasteiger partial charge in [0.15, 0.2) is 11.6 Å². The summed E-state index contributed by atoms with van der Waals surface area (Å²) >= 11 is 0. The van der Waals surface area contributed by atoms with E-state index in [0.717, 1.165) is 11.1 Å². The number of carbonyl (C=O) groups excluding carboxylic acids is 2. The number of phenols is 1. The Hall–Kier alpha value is -3.04. The normalized spacial score (nSPS) is 22.3. The Morgan fingerprint density at radius 1 is 1.15 bits per heavy atom. The van der Waals surface area contributed by atoms with Crippen molar-refractivity contribution in [2.45, 2.75) is 78.2 Å². The molecule has 1 aromatic carbocycles. The molecule has 0 radical (unpaired) electrons. The maximum absolute atomic E-state index is 13.8. The van der Waals surface area contributed by atoms with E-state index in [-0.39, 0.29) is 37.3 Å². The van der Waals surface area contributed by atoms with Gasteiger partial charge < -0.3 is 20.4 Å². The molecule has 1 aromatic rings. The number of aliphatic hydroxyl groups excluding tert-OH is 2. The molecule has 2 amide bonds. The van der Waals surface area contributed by atoms with Crippen molar-refractivity contribution in [2.75, 3.05) is 13.2 Å². The molecular weight excluding hydrogens is 517 g/mol. The van der Waals surface area contributed by atoms with E-state index in [0.29, 0.717) is 56.1 Å². The number of carboxylic acid groups (broad SMARTS) is 1. The van der Waals surface area contributed by atoms with Gasteiger partial charge in [-0.3, -0.25) is 19.3 Å². The highest BCUT2D eigenvalue weighted by atomic mass is 19.1. The van der Waals surface area contributed by atoms with Crippen LogP contribution >= 0.6 is 0 Å². The van der Waals surface area contributed by atoms with Crippen LogP contribution in [0.15, 0.2) is 34.9 Å². The van der Waals surface area contributed by atoms with Gasteiger partial charge in [0.1, 0.15) is 0 Å². The number of hydrogen-bond donors (Lipinski definition) is 4. The van der Waals surface area contributed by atoms with Crippen molar-refractivity contribution in [3.8, 4) is 5.75 Å². The van der Waals surface area contributed by atoms with E-state index < -0.39 is 41.4 Å². The second-order valence-corrected chi connectivity index (χ2v) is 11.2. The lowest BCUT2D eigenvalue weighted by Crippen LogP contribution is -2.40. The summed E-state index contributed by atoms with van der Waals surface area (Å²) in [6.07, 6.45) is 4.42. The zero-order valence-corrected chi connectivity index (χ0v) is 23.6. The molecule has 1 heterocycles. The molecule has 0 unspecified atom stereocenters. The highest BCUT2D eigenvalue weighted by molar-refractivity contribution is 6.05. The zero-order chi connectivity index (χ0) is 29.6. The number of halogens is 1. The molecule has 4 atom stereocenters. The fraction of sp³-hybridized carbons (Fsp3) is 0.581. The van der Waals surface area contributed by atoms with E-state index in [1.165, 1.54) is 17.0 Å². The Morgan fingerprint density at radius 3 is 2.48 bits per heavy atom. The third kappa shape index (κ3) is 7.18. The van der Waals surface area contributed by atoms with Gasteiger partial charge in [-0.1, -0.05) is 50.5 Å². The molecule has 1 saturated heterocycles. The summed E-state index contributed by atoms with van der Waals surface area (Å²) in [5.41, 5.74) is 3.14. The summed E-state index contributed by atoms with van der Waals surface area (Å²) in [6, 6.07) is 4.17. The molecule has 0 aromatic heterocycles. The van der Waals surface area contributed by atoms with Crippen LogP contribution < -0.4 is 0 Å². The zero-order valence-electron chi connectivity index (χ0n) is 23.6. The van der Waals surface area contributed by atoms with Crippen molar-refractivity contribution in [2.24, 2.45) is 23.7 Å². The van der Waals surface area contributed by atoms with Crippen LogP contribution in [-0.4, -0.2) is 62.4 Å². The van der Waals surface area contributed by atoms with Gasteiger partial charge in [-0.15, -0.1) is 0 Å². The number of aromatic hydroxyl groups is 1. The minimum atomic E-state index is -0.921. The molecule has 220 valence electrons. The molecule has 9 heteroatoms. The number of carboxylic acids is 1. The second kappa shape index (κ2) is 14.0. The Balaban J connectivity index is 1.77. The fourth-order valence-corrected chi connectivity index (χ4v) is 6.13. The minimum absolute atomic E-state index is 0.00813. The second-order valence-electron chi connectivity index (χ2n) is 11.2. The number of phenolic OH excluding ortho intramolecular Hbond substituents is 1. The van der Waals surface area contributed by atoms with Gasteiger partial charge in [0.2, 0.25) is 11.8 Å². The van der Waals surface area contributed by atoms with Gasteiger partial charge >= 0.3 is 5.97 Å². The molecule has 40 heavy (non-hydrogen) atoms. The van der Waals surface area contributed by atoms with Gasteiger partial charge in [-0.05, 0) is 67.7 Å². The number of amides is 2. The maximum atomic E-state index is 13.8. The highest BCUT2D eigenvalue weighted by Crippen LogP contribution is 2.48. The number of rotatable bonds is 14. The number of likely N-dealkylation sites (tertiary alicyclic amines) is 1. The first kappa shape index (κ1) is 31.5. The first-order valence-corrected chi connectivity index (χ1v) is 14.3. The topological polar surface area (TPSA) is 135 Å². The van der Waals surface area contributed by atoms with Crippen LogP contribution in [0.3, 0.4) is 0 Å². The first-order valence-electron chi connectivity index (χ1n) is 14.3. The molecule has 1 aliphatic carbocycles. The standard InChI is InChI=1S/C31H42FNO7/c1-4-19(14-20-10-11-25(35)24(32)15-20)9-12-26(36)28-21(18(2)3)16-22-29(23(28)17-34)31(40)33(30(22)39)13-7-5-6-8-27(37)38/h10-11,14-15,18,22-23,26,29,34-36H,4-9,12-13,16-17H2,1-3H3,(H,37,38)/b19-14+/t22-,23+,26-,29-/m1/s1. The first-order chi connectivity index (χ1) is 19.0. The van der Waals surface area contributed by atoms with Gasteiger partial charge in [0.25, 0.3) is 0 Å². The maximum Gasteiger partial charge on any atom is 0.303 e. The predicted molar refractivity (Wildman–Crippen MR) is 148 cm³/mol. The Labute approximate surface area is 235 Å². The SMILES string of the molecule is CC/C(=C\c1ccc(O)c(F)c1)CC[C@@H](O)C1=C(C(C)C)C[C@H]2C(=O)N(CCCCCC(=O)O)C(=O)[C@H]2[C@H]1CO. The third-order valence-corrected chi connectivity index (χ3v) is 8.27. The number of benzene rings is 1. The molecule has 0 bridgehead atoms. The monoisotopic (exact) mass is 559 g/mol. The number of aliphatic hydroxyl groups is 2. The number of imide groups is 1. The van der Waals surface area contributed by atoms with Crippen molar-refractivity contribution < 1.29 is 39.2 Å². The van der Waals surface area contributed by atoms with E-state index in [2.05, 4.69) is 0 Å². The van der Waals surface area contributed by atoms with E-state index in [9.17, 15) is 34.1 Å². The van der Waals surface area contributed by atoms with Crippen molar-refractivity contribution >= 4 is 23.9 Å². The van der Waals surface area contributed by atoms with Crippen molar-refractivity contribution in [1.29, 1.82) is 0 Å². The molecule has 0 spiro atoms. The van der Waals surface area contributed by atoms with E-state index in [4.69, 9.17) is 5.11 Å². The van der Waals surface area contributed by atoms with Gasteiger partial charge in [-0.25, -0.2) is 4.39 Å². The van der Waals surface area contributed by atoms with E-state index in [1.54, 1.807) is 6.07 Å². The van der Waals surface area contributed by atoms with Gasteiger partial charge in [0, 0.05) is 18.9 Å². The smallest absolute Gasteiger partial charge is 0.303 e. The van der Waals surface area contributed by atoms with Crippen LogP contribution in [0.5, 0.6) is 5.75 Å². The lowest BCUT2D eigenvalue weighted by molar-refractivity contribution is -0.141. The molecule has 3 rings (SSSR count). The molecule has 2 aliphatic rings. The summed E-state index contributed by atoms with van der Waals surface area (Å²) in [7, 11) is 0. The van der Waals surface area contributed by atoms with Crippen molar-refractivity contribution in [1.82, 2.24) is 4.90 Å². The number of fused-ring (bicyclic) bond motifs is 1. The van der Waals surface area contributed by atoms with Crippen LogP contribution in [0.1, 0.15) is 77.7 Å². The largest absolute Gasteiger partial charge is 0.505 e. The van der Waals surface area contributed by atoms with Crippen LogP contribution in [0.2, 0.25) is 0 Å². The summed E-state index contributed by atoms with van der Waals surface area (Å²) in [5.74, 6) is -4.55. The van der Waals surface area contributed by atoms with E-state index in [1.807, 2.05) is 26.8 Å². The Morgan fingerprint density at radius 2 is 1.88 bits per heavy atom. The number of hydrogen-bond acceptors (Lipinski definition) is 6.